The van der Waals surface area contributed by atoms with Crippen molar-refractivity contribution in [3.05, 3.63) is 55.0 Å². The molecular weight excluding hydrogens is 314 g/mol. The molecule has 0 spiro atoms. The Morgan fingerprint density at radius 3 is 2.80 bits per heavy atom. The number of hydrogen-bond acceptors (Lipinski definition) is 4. The van der Waals surface area contributed by atoms with Gasteiger partial charge in [-0.2, -0.15) is 9.89 Å². The van der Waals surface area contributed by atoms with Crippen LogP contribution in [0.25, 0.3) is 33.1 Å². The Bertz CT molecular complexity index is 1110. The fraction of sp³-hybridized carbons (Fsp3) is 0.158. The number of carbonyl (C=O) groups is 1. The van der Waals surface area contributed by atoms with Crippen molar-refractivity contribution in [2.45, 2.75) is 12.8 Å². The molecule has 1 aliphatic carbocycles. The van der Waals surface area contributed by atoms with Gasteiger partial charge in [0, 0.05) is 28.5 Å². The molecule has 6 heteroatoms. The number of benzene rings is 1. The SMILES string of the molecule is O=C(Nn1ncc2cc(-c3cnc4ccccc4c3)ncc21)C1CC1. The molecule has 0 unspecified atom stereocenters. The molecule has 5 rings (SSSR count). The maximum Gasteiger partial charge on any atom is 0.243 e. The summed E-state index contributed by atoms with van der Waals surface area (Å²) in [5, 5.41) is 6.26. The van der Waals surface area contributed by atoms with Crippen molar-refractivity contribution < 1.29 is 4.79 Å². The minimum absolute atomic E-state index is 0.0211. The molecule has 1 saturated carbocycles. The summed E-state index contributed by atoms with van der Waals surface area (Å²) >= 11 is 0. The number of aromatic nitrogens is 4. The number of hydrogen-bond donors (Lipinski definition) is 1. The van der Waals surface area contributed by atoms with Crippen molar-refractivity contribution in [2.24, 2.45) is 5.92 Å². The van der Waals surface area contributed by atoms with Gasteiger partial charge in [-0.1, -0.05) is 18.2 Å². The Kier molecular flexibility index (Phi) is 3.03. The highest BCUT2D eigenvalue weighted by Crippen LogP contribution is 2.29. The highest BCUT2D eigenvalue weighted by atomic mass is 16.2. The van der Waals surface area contributed by atoms with E-state index in [1.54, 1.807) is 12.4 Å². The normalized spacial score (nSPS) is 14.1. The summed E-state index contributed by atoms with van der Waals surface area (Å²) in [4.78, 5) is 22.5. The van der Waals surface area contributed by atoms with Gasteiger partial charge in [0.2, 0.25) is 5.91 Å². The first-order valence-electron chi connectivity index (χ1n) is 8.28. The van der Waals surface area contributed by atoms with E-state index in [0.717, 1.165) is 45.9 Å². The number of fused-ring (bicyclic) bond motifs is 2. The molecule has 0 radical (unpaired) electrons. The topological polar surface area (TPSA) is 72.7 Å². The second-order valence-corrected chi connectivity index (χ2v) is 6.35. The first kappa shape index (κ1) is 14.1. The van der Waals surface area contributed by atoms with E-state index in [1.807, 2.05) is 36.5 Å². The zero-order valence-corrected chi connectivity index (χ0v) is 13.4. The van der Waals surface area contributed by atoms with Gasteiger partial charge in [0.15, 0.2) is 0 Å². The monoisotopic (exact) mass is 329 g/mol. The van der Waals surface area contributed by atoms with Gasteiger partial charge in [0.05, 0.1) is 23.6 Å². The van der Waals surface area contributed by atoms with Gasteiger partial charge in [0.25, 0.3) is 0 Å². The van der Waals surface area contributed by atoms with E-state index in [-0.39, 0.29) is 11.8 Å². The quantitative estimate of drug-likeness (QED) is 0.627. The number of carbonyl (C=O) groups excluding carboxylic acids is 1. The summed E-state index contributed by atoms with van der Waals surface area (Å²) in [6, 6.07) is 12.0. The minimum atomic E-state index is 0.0211. The largest absolute Gasteiger partial charge is 0.273 e. The Hall–Kier alpha value is -3.28. The third-order valence-electron chi connectivity index (χ3n) is 4.50. The van der Waals surface area contributed by atoms with Crippen LogP contribution in [0.4, 0.5) is 0 Å². The van der Waals surface area contributed by atoms with Crippen LogP contribution in [0.1, 0.15) is 12.8 Å². The van der Waals surface area contributed by atoms with Gasteiger partial charge in [-0.05, 0) is 31.0 Å². The van der Waals surface area contributed by atoms with Gasteiger partial charge >= 0.3 is 0 Å². The summed E-state index contributed by atoms with van der Waals surface area (Å²) < 4.78 is 0. The lowest BCUT2D eigenvalue weighted by Crippen LogP contribution is -2.24. The van der Waals surface area contributed by atoms with Crippen LogP contribution in [0.3, 0.4) is 0 Å². The summed E-state index contributed by atoms with van der Waals surface area (Å²) in [5.41, 5.74) is 6.36. The fourth-order valence-electron chi connectivity index (χ4n) is 2.93. The van der Waals surface area contributed by atoms with Crippen LogP contribution in [-0.2, 0) is 4.79 Å². The van der Waals surface area contributed by atoms with Gasteiger partial charge in [0.1, 0.15) is 5.52 Å². The highest BCUT2D eigenvalue weighted by Gasteiger charge is 2.30. The molecule has 0 saturated heterocycles. The average molecular weight is 329 g/mol. The number of rotatable bonds is 3. The fourth-order valence-corrected chi connectivity index (χ4v) is 2.93. The molecule has 1 fully saturated rings. The van der Waals surface area contributed by atoms with Crippen molar-refractivity contribution >= 4 is 27.7 Å². The average Bonchev–Trinajstić information content (AvgIpc) is 3.44. The molecule has 1 aromatic carbocycles. The number of amides is 1. The molecule has 25 heavy (non-hydrogen) atoms. The standard InChI is InChI=1S/C19H15N5O/c25-19(12-5-6-12)23-24-18-11-21-17(8-15(18)10-22-24)14-7-13-3-1-2-4-16(13)20-9-14/h1-4,7-12H,5-6H2,(H,23,25). The van der Waals surface area contributed by atoms with Crippen LogP contribution in [0, 0.1) is 5.92 Å². The van der Waals surface area contributed by atoms with Gasteiger partial charge in [-0.25, -0.2) is 5.43 Å². The Labute approximate surface area is 143 Å². The molecule has 0 atom stereocenters. The second kappa shape index (κ2) is 5.37. The lowest BCUT2D eigenvalue weighted by Gasteiger charge is -2.06. The predicted octanol–water partition coefficient (Wildman–Crippen LogP) is 3.13. The van der Waals surface area contributed by atoms with Crippen molar-refractivity contribution in [2.75, 3.05) is 5.43 Å². The number of nitrogens with one attached hydrogen (secondary N) is 1. The van der Waals surface area contributed by atoms with Crippen LogP contribution in [0.5, 0.6) is 0 Å². The molecule has 0 aliphatic heterocycles. The van der Waals surface area contributed by atoms with Crippen LogP contribution >= 0.6 is 0 Å². The van der Waals surface area contributed by atoms with Crippen molar-refractivity contribution in [1.29, 1.82) is 0 Å². The zero-order chi connectivity index (χ0) is 16.8. The molecule has 6 nitrogen and oxygen atoms in total. The summed E-state index contributed by atoms with van der Waals surface area (Å²) in [6.07, 6.45) is 7.22. The van der Waals surface area contributed by atoms with Crippen LogP contribution in [0.15, 0.2) is 55.0 Å². The molecule has 3 heterocycles. The van der Waals surface area contributed by atoms with Gasteiger partial charge in [-0.3, -0.25) is 14.8 Å². The molecule has 1 amide bonds. The summed E-state index contributed by atoms with van der Waals surface area (Å²) in [5.74, 6) is 0.156. The molecule has 0 bridgehead atoms. The number of nitrogens with zero attached hydrogens (tertiary/aromatic N) is 4. The Balaban J connectivity index is 1.52. The van der Waals surface area contributed by atoms with E-state index >= 15 is 0 Å². The van der Waals surface area contributed by atoms with E-state index in [4.69, 9.17) is 0 Å². The third-order valence-corrected chi connectivity index (χ3v) is 4.50. The Morgan fingerprint density at radius 2 is 1.92 bits per heavy atom. The van der Waals surface area contributed by atoms with E-state index < -0.39 is 0 Å². The van der Waals surface area contributed by atoms with E-state index in [0.29, 0.717) is 0 Å². The van der Waals surface area contributed by atoms with Gasteiger partial charge < -0.3 is 0 Å². The van der Waals surface area contributed by atoms with E-state index in [9.17, 15) is 4.79 Å². The maximum absolute atomic E-state index is 11.9. The lowest BCUT2D eigenvalue weighted by atomic mass is 10.1. The second-order valence-electron chi connectivity index (χ2n) is 6.35. The summed E-state index contributed by atoms with van der Waals surface area (Å²) in [7, 11) is 0. The summed E-state index contributed by atoms with van der Waals surface area (Å²) in [6.45, 7) is 0. The van der Waals surface area contributed by atoms with Gasteiger partial charge in [-0.15, -0.1) is 0 Å². The molecule has 4 aromatic rings. The first-order chi connectivity index (χ1) is 12.3. The lowest BCUT2D eigenvalue weighted by molar-refractivity contribution is -0.118. The predicted molar refractivity (Wildman–Crippen MR) is 95.4 cm³/mol. The maximum atomic E-state index is 11.9. The molecule has 1 N–H and O–H groups in total. The van der Waals surface area contributed by atoms with Crippen LogP contribution in [-0.4, -0.2) is 25.8 Å². The number of pyridine rings is 2. The van der Waals surface area contributed by atoms with E-state index in [2.05, 4.69) is 26.6 Å². The molecule has 3 aromatic heterocycles. The number of para-hydroxylation sites is 1. The molecule has 122 valence electrons. The minimum Gasteiger partial charge on any atom is -0.273 e. The molecule has 1 aliphatic rings. The van der Waals surface area contributed by atoms with Crippen LogP contribution < -0.4 is 5.43 Å². The first-order valence-corrected chi connectivity index (χ1v) is 8.28. The zero-order valence-electron chi connectivity index (χ0n) is 13.4. The molecular formula is C19H15N5O. The third kappa shape index (κ3) is 2.52. The van der Waals surface area contributed by atoms with Crippen LogP contribution in [0.2, 0.25) is 0 Å². The smallest absolute Gasteiger partial charge is 0.243 e. The van der Waals surface area contributed by atoms with Crippen molar-refractivity contribution in [3.63, 3.8) is 0 Å². The van der Waals surface area contributed by atoms with Crippen molar-refractivity contribution in [1.82, 2.24) is 19.9 Å². The Morgan fingerprint density at radius 1 is 1.04 bits per heavy atom. The van der Waals surface area contributed by atoms with E-state index in [1.165, 1.54) is 4.79 Å². The highest BCUT2D eigenvalue weighted by molar-refractivity contribution is 5.91. The van der Waals surface area contributed by atoms with Crippen molar-refractivity contribution in [3.8, 4) is 11.3 Å².